The first kappa shape index (κ1) is 18.1. The van der Waals surface area contributed by atoms with Crippen LogP contribution < -0.4 is 16.4 Å². The topological polar surface area (TPSA) is 84.2 Å². The molecule has 5 nitrogen and oxygen atoms in total. The van der Waals surface area contributed by atoms with Gasteiger partial charge in [0.1, 0.15) is 5.82 Å². The van der Waals surface area contributed by atoms with Gasteiger partial charge in [0.25, 0.3) is 0 Å². The SMILES string of the molecule is CC(C)CC(CN)NC(=O)CNC(=O)Cc1cccc(F)c1. The maximum atomic E-state index is 13.0. The fourth-order valence-corrected chi connectivity index (χ4v) is 2.14. The minimum Gasteiger partial charge on any atom is -0.351 e. The van der Waals surface area contributed by atoms with Gasteiger partial charge in [-0.2, -0.15) is 0 Å². The van der Waals surface area contributed by atoms with E-state index < -0.39 is 0 Å². The van der Waals surface area contributed by atoms with Crippen LogP contribution in [0, 0.1) is 11.7 Å². The summed E-state index contributed by atoms with van der Waals surface area (Å²) in [5.74, 6) is -0.559. The fourth-order valence-electron chi connectivity index (χ4n) is 2.14. The van der Waals surface area contributed by atoms with E-state index in [9.17, 15) is 14.0 Å². The Morgan fingerprint density at radius 3 is 2.59 bits per heavy atom. The Morgan fingerprint density at radius 1 is 1.27 bits per heavy atom. The van der Waals surface area contributed by atoms with Gasteiger partial charge in [-0.25, -0.2) is 4.39 Å². The summed E-state index contributed by atoms with van der Waals surface area (Å²) < 4.78 is 13.0. The molecule has 0 aliphatic carbocycles. The summed E-state index contributed by atoms with van der Waals surface area (Å²) in [5, 5.41) is 5.31. The summed E-state index contributed by atoms with van der Waals surface area (Å²) >= 11 is 0. The molecule has 0 spiro atoms. The van der Waals surface area contributed by atoms with E-state index in [1.54, 1.807) is 12.1 Å². The molecule has 1 aromatic carbocycles. The molecule has 6 heteroatoms. The van der Waals surface area contributed by atoms with Gasteiger partial charge in [-0.05, 0) is 30.0 Å². The van der Waals surface area contributed by atoms with Crippen LogP contribution in [0.3, 0.4) is 0 Å². The standard InChI is InChI=1S/C16H24FN3O2/c1-11(2)6-14(9-18)20-16(22)10-19-15(21)8-12-4-3-5-13(17)7-12/h3-5,7,11,14H,6,8-10,18H2,1-2H3,(H,19,21)(H,20,22). The molecule has 0 radical (unpaired) electrons. The van der Waals surface area contributed by atoms with Crippen LogP contribution in [0.4, 0.5) is 4.39 Å². The lowest BCUT2D eigenvalue weighted by atomic mass is 10.0. The molecule has 0 saturated heterocycles. The Kier molecular flexibility index (Phi) is 7.52. The number of carbonyl (C=O) groups is 2. The second-order valence-corrected chi connectivity index (χ2v) is 5.71. The smallest absolute Gasteiger partial charge is 0.239 e. The number of nitrogens with one attached hydrogen (secondary N) is 2. The van der Waals surface area contributed by atoms with Crippen molar-refractivity contribution in [3.8, 4) is 0 Å². The van der Waals surface area contributed by atoms with Crippen molar-refractivity contribution in [1.82, 2.24) is 10.6 Å². The minimum atomic E-state index is -0.387. The number of hydrogen-bond acceptors (Lipinski definition) is 3. The van der Waals surface area contributed by atoms with E-state index in [4.69, 9.17) is 5.73 Å². The number of rotatable bonds is 8. The lowest BCUT2D eigenvalue weighted by Gasteiger charge is -2.18. The number of amides is 2. The Hall–Kier alpha value is -1.95. The largest absolute Gasteiger partial charge is 0.351 e. The van der Waals surface area contributed by atoms with Crippen molar-refractivity contribution in [3.05, 3.63) is 35.6 Å². The van der Waals surface area contributed by atoms with Crippen LogP contribution in [-0.2, 0) is 16.0 Å². The molecule has 1 rings (SSSR count). The Balaban J connectivity index is 2.35. The molecule has 0 saturated carbocycles. The second kappa shape index (κ2) is 9.15. The average Bonchev–Trinajstić information content (AvgIpc) is 2.44. The summed E-state index contributed by atoms with van der Waals surface area (Å²) in [7, 11) is 0. The highest BCUT2D eigenvalue weighted by atomic mass is 19.1. The molecule has 2 amide bonds. The monoisotopic (exact) mass is 309 g/mol. The molecular weight excluding hydrogens is 285 g/mol. The van der Waals surface area contributed by atoms with Crippen LogP contribution in [0.15, 0.2) is 24.3 Å². The number of carbonyl (C=O) groups excluding carboxylic acids is 2. The van der Waals surface area contributed by atoms with E-state index in [2.05, 4.69) is 24.5 Å². The van der Waals surface area contributed by atoms with Crippen molar-refractivity contribution in [3.63, 3.8) is 0 Å². The first-order valence-electron chi connectivity index (χ1n) is 7.41. The van der Waals surface area contributed by atoms with Gasteiger partial charge >= 0.3 is 0 Å². The van der Waals surface area contributed by atoms with Gasteiger partial charge < -0.3 is 16.4 Å². The average molecular weight is 309 g/mol. The zero-order chi connectivity index (χ0) is 16.5. The summed E-state index contributed by atoms with van der Waals surface area (Å²) in [4.78, 5) is 23.5. The van der Waals surface area contributed by atoms with Crippen molar-refractivity contribution >= 4 is 11.8 Å². The van der Waals surface area contributed by atoms with E-state index in [-0.39, 0.29) is 36.6 Å². The summed E-state index contributed by atoms with van der Waals surface area (Å²) in [6.45, 7) is 4.36. The van der Waals surface area contributed by atoms with Gasteiger partial charge in [0.05, 0.1) is 13.0 Å². The van der Waals surface area contributed by atoms with Gasteiger partial charge in [0.2, 0.25) is 11.8 Å². The van der Waals surface area contributed by atoms with Gasteiger partial charge in [0.15, 0.2) is 0 Å². The van der Waals surface area contributed by atoms with Gasteiger partial charge in [0, 0.05) is 12.6 Å². The van der Waals surface area contributed by atoms with Crippen molar-refractivity contribution in [1.29, 1.82) is 0 Å². The molecule has 0 heterocycles. The first-order chi connectivity index (χ1) is 10.4. The predicted octanol–water partition coefficient (Wildman–Crippen LogP) is 0.974. The highest BCUT2D eigenvalue weighted by molar-refractivity contribution is 5.85. The molecule has 1 atom stereocenters. The molecule has 1 unspecified atom stereocenters. The lowest BCUT2D eigenvalue weighted by molar-refractivity contribution is -0.126. The van der Waals surface area contributed by atoms with Crippen molar-refractivity contribution in [2.24, 2.45) is 11.7 Å². The highest BCUT2D eigenvalue weighted by Gasteiger charge is 2.13. The first-order valence-corrected chi connectivity index (χ1v) is 7.41. The van der Waals surface area contributed by atoms with Gasteiger partial charge in [-0.3, -0.25) is 9.59 Å². The molecule has 1 aromatic rings. The number of benzene rings is 1. The number of hydrogen-bond donors (Lipinski definition) is 3. The number of halogens is 1. The lowest BCUT2D eigenvalue weighted by Crippen LogP contribution is -2.45. The zero-order valence-corrected chi connectivity index (χ0v) is 13.1. The summed E-state index contributed by atoms with van der Waals surface area (Å²) in [6.07, 6.45) is 0.830. The maximum Gasteiger partial charge on any atom is 0.239 e. The van der Waals surface area contributed by atoms with Crippen LogP contribution in [0.5, 0.6) is 0 Å². The zero-order valence-electron chi connectivity index (χ0n) is 13.1. The van der Waals surface area contributed by atoms with E-state index in [0.29, 0.717) is 18.0 Å². The van der Waals surface area contributed by atoms with Crippen LogP contribution in [-0.4, -0.2) is 30.9 Å². The van der Waals surface area contributed by atoms with E-state index in [0.717, 1.165) is 6.42 Å². The van der Waals surface area contributed by atoms with Crippen LogP contribution >= 0.6 is 0 Å². The Morgan fingerprint density at radius 2 is 2.00 bits per heavy atom. The molecule has 0 bridgehead atoms. The fraction of sp³-hybridized carbons (Fsp3) is 0.500. The van der Waals surface area contributed by atoms with E-state index in [1.165, 1.54) is 12.1 Å². The van der Waals surface area contributed by atoms with Crippen LogP contribution in [0.1, 0.15) is 25.8 Å². The molecule has 22 heavy (non-hydrogen) atoms. The molecule has 0 fully saturated rings. The van der Waals surface area contributed by atoms with Crippen LogP contribution in [0.2, 0.25) is 0 Å². The van der Waals surface area contributed by atoms with Gasteiger partial charge in [-0.15, -0.1) is 0 Å². The number of nitrogens with two attached hydrogens (primary N) is 1. The van der Waals surface area contributed by atoms with E-state index >= 15 is 0 Å². The summed E-state index contributed by atoms with van der Waals surface area (Å²) in [6, 6.07) is 5.73. The van der Waals surface area contributed by atoms with Gasteiger partial charge in [-0.1, -0.05) is 26.0 Å². The highest BCUT2D eigenvalue weighted by Crippen LogP contribution is 2.04. The normalized spacial score (nSPS) is 12.0. The Bertz CT molecular complexity index is 506. The predicted molar refractivity (Wildman–Crippen MR) is 83.6 cm³/mol. The van der Waals surface area contributed by atoms with Crippen molar-refractivity contribution in [2.45, 2.75) is 32.7 Å². The molecule has 122 valence electrons. The molecular formula is C16H24FN3O2. The molecule has 0 aliphatic heterocycles. The van der Waals surface area contributed by atoms with Crippen LogP contribution in [0.25, 0.3) is 0 Å². The van der Waals surface area contributed by atoms with Crippen molar-refractivity contribution in [2.75, 3.05) is 13.1 Å². The second-order valence-electron chi connectivity index (χ2n) is 5.71. The quantitative estimate of drug-likeness (QED) is 0.669. The molecule has 4 N–H and O–H groups in total. The third-order valence-electron chi connectivity index (χ3n) is 3.11. The molecule has 0 aliphatic rings. The van der Waals surface area contributed by atoms with E-state index in [1.807, 2.05) is 0 Å². The maximum absolute atomic E-state index is 13.0. The minimum absolute atomic E-state index is 0.0390. The Labute approximate surface area is 130 Å². The summed E-state index contributed by atoms with van der Waals surface area (Å²) in [5.41, 5.74) is 6.17. The third kappa shape index (κ3) is 7.17. The molecule has 0 aromatic heterocycles. The van der Waals surface area contributed by atoms with Crippen molar-refractivity contribution < 1.29 is 14.0 Å². The third-order valence-corrected chi connectivity index (χ3v) is 3.11.